The lowest BCUT2D eigenvalue weighted by molar-refractivity contribution is 0.403. The molecule has 7 aromatic carbocycles. The van der Waals surface area contributed by atoms with E-state index in [2.05, 4.69) is 232 Å². The zero-order chi connectivity index (χ0) is 43.7. The summed E-state index contributed by atoms with van der Waals surface area (Å²) in [6.07, 6.45) is 1.12. The van der Waals surface area contributed by atoms with Crippen molar-refractivity contribution in [2.45, 2.75) is 111 Å². The average molecular weight is 809 g/mol. The van der Waals surface area contributed by atoms with Crippen LogP contribution >= 0.6 is 0 Å². The fourth-order valence-electron chi connectivity index (χ4n) is 11.3. The van der Waals surface area contributed by atoms with Gasteiger partial charge in [0.05, 0.1) is 5.69 Å². The summed E-state index contributed by atoms with van der Waals surface area (Å²) in [5.41, 5.74) is 24.8. The van der Waals surface area contributed by atoms with Crippen molar-refractivity contribution in [3.63, 3.8) is 0 Å². The van der Waals surface area contributed by atoms with Crippen molar-refractivity contribution in [2.24, 2.45) is 0 Å². The molecule has 2 aliphatic heterocycles. The second-order valence-corrected chi connectivity index (χ2v) is 22.0. The second-order valence-electron chi connectivity index (χ2n) is 22.0. The van der Waals surface area contributed by atoms with E-state index in [1.165, 1.54) is 106 Å². The lowest BCUT2D eigenvalue weighted by atomic mass is 9.33. The molecule has 10 rings (SSSR count). The first kappa shape index (κ1) is 40.3. The van der Waals surface area contributed by atoms with Gasteiger partial charge < -0.3 is 9.80 Å². The Labute approximate surface area is 371 Å². The van der Waals surface area contributed by atoms with Crippen LogP contribution in [0.5, 0.6) is 0 Å². The smallest absolute Gasteiger partial charge is 0.252 e. The molecule has 62 heavy (non-hydrogen) atoms. The number of fused-ring (bicyclic) bond motifs is 5. The topological polar surface area (TPSA) is 6.48 Å². The minimum absolute atomic E-state index is 0.00693. The van der Waals surface area contributed by atoms with E-state index in [0.29, 0.717) is 0 Å². The summed E-state index contributed by atoms with van der Waals surface area (Å²) in [5, 5.41) is 0. The summed E-state index contributed by atoms with van der Waals surface area (Å²) in [6.45, 7) is 28.5. The monoisotopic (exact) mass is 808 g/mol. The number of benzene rings is 7. The van der Waals surface area contributed by atoms with E-state index < -0.39 is 0 Å². The summed E-state index contributed by atoms with van der Waals surface area (Å²) in [7, 11) is 0. The molecular weight excluding hydrogens is 747 g/mol. The molecule has 0 radical (unpaired) electrons. The van der Waals surface area contributed by atoms with Gasteiger partial charge in [0.1, 0.15) is 0 Å². The van der Waals surface area contributed by atoms with Crippen LogP contribution in [0.1, 0.15) is 109 Å². The molecule has 0 amide bonds. The molecule has 0 N–H and O–H groups in total. The van der Waals surface area contributed by atoms with E-state index in [4.69, 9.17) is 0 Å². The maximum absolute atomic E-state index is 2.66. The minimum atomic E-state index is -0.0216. The van der Waals surface area contributed by atoms with Crippen LogP contribution < -0.4 is 26.2 Å². The number of nitrogens with zero attached hydrogens (tertiary/aromatic N) is 2. The fraction of sp³-hybridized carbons (Fsp3) is 0.288. The number of hydrogen-bond donors (Lipinski definition) is 0. The maximum atomic E-state index is 2.66. The van der Waals surface area contributed by atoms with Gasteiger partial charge in [0.2, 0.25) is 0 Å². The van der Waals surface area contributed by atoms with Crippen molar-refractivity contribution in [1.29, 1.82) is 0 Å². The molecule has 7 aromatic rings. The highest BCUT2D eigenvalue weighted by Gasteiger charge is 2.48. The Hall–Kier alpha value is -5.80. The summed E-state index contributed by atoms with van der Waals surface area (Å²) >= 11 is 0. The van der Waals surface area contributed by atoms with E-state index in [1.54, 1.807) is 0 Å². The standard InChI is InChI=1S/C59H61BN2/c1-37-29-53-55-54(30-37)62(51-31-41(24-23-38(51)2)39-19-15-13-16-20-39)50-28-26-43(57(6,7)8)33-47(50)60(55)48-34-45-46(59(11,12)36-58(45,9)10)35-52(48)61(53)49-27-25-42(56(3,4)5)32-44(49)40-21-17-14-18-22-40/h13-35H,36H2,1-12H3. The van der Waals surface area contributed by atoms with Crippen LogP contribution in [0.2, 0.25) is 0 Å². The summed E-state index contributed by atoms with van der Waals surface area (Å²) in [4.78, 5) is 5.27. The third-order valence-corrected chi connectivity index (χ3v) is 14.3. The van der Waals surface area contributed by atoms with Gasteiger partial charge in [-0.05, 0) is 151 Å². The quantitative estimate of drug-likeness (QED) is 0.163. The third kappa shape index (κ3) is 6.37. The van der Waals surface area contributed by atoms with Gasteiger partial charge in [-0.3, -0.25) is 0 Å². The first-order valence-corrected chi connectivity index (χ1v) is 22.8. The van der Waals surface area contributed by atoms with Crippen LogP contribution in [0.25, 0.3) is 22.3 Å². The Balaban J connectivity index is 1.34. The normalized spacial score (nSPS) is 15.8. The Morgan fingerprint density at radius 1 is 0.452 bits per heavy atom. The third-order valence-electron chi connectivity index (χ3n) is 14.3. The van der Waals surface area contributed by atoms with E-state index in [-0.39, 0.29) is 28.4 Å². The average Bonchev–Trinajstić information content (AvgIpc) is 3.41. The van der Waals surface area contributed by atoms with Crippen molar-refractivity contribution in [2.75, 3.05) is 9.80 Å². The molecule has 0 saturated heterocycles. The summed E-state index contributed by atoms with van der Waals surface area (Å²) in [6, 6.07) is 53.8. The highest BCUT2D eigenvalue weighted by atomic mass is 15.2. The van der Waals surface area contributed by atoms with Gasteiger partial charge >= 0.3 is 0 Å². The number of aryl methyl sites for hydroxylation is 2. The van der Waals surface area contributed by atoms with Crippen LogP contribution in [0.3, 0.4) is 0 Å². The molecule has 0 fully saturated rings. The van der Waals surface area contributed by atoms with E-state index in [1.807, 2.05) is 0 Å². The van der Waals surface area contributed by atoms with E-state index in [9.17, 15) is 0 Å². The largest absolute Gasteiger partial charge is 0.311 e. The zero-order valence-electron chi connectivity index (χ0n) is 39.0. The summed E-state index contributed by atoms with van der Waals surface area (Å²) < 4.78 is 0. The van der Waals surface area contributed by atoms with Gasteiger partial charge in [0.15, 0.2) is 0 Å². The van der Waals surface area contributed by atoms with Crippen LogP contribution in [-0.4, -0.2) is 6.71 Å². The molecule has 0 aromatic heterocycles. The van der Waals surface area contributed by atoms with Gasteiger partial charge in [0.25, 0.3) is 6.71 Å². The molecule has 0 unspecified atom stereocenters. The molecule has 1 aliphatic carbocycles. The number of anilines is 6. The Kier molecular flexibility index (Phi) is 9.00. The van der Waals surface area contributed by atoms with Crippen LogP contribution in [0.4, 0.5) is 34.1 Å². The molecule has 0 saturated carbocycles. The highest BCUT2D eigenvalue weighted by Crippen LogP contribution is 2.54. The minimum Gasteiger partial charge on any atom is -0.311 e. The molecule has 0 bridgehead atoms. The number of hydrogen-bond acceptors (Lipinski definition) is 2. The Morgan fingerprint density at radius 3 is 1.60 bits per heavy atom. The zero-order valence-corrected chi connectivity index (χ0v) is 39.0. The summed E-state index contributed by atoms with van der Waals surface area (Å²) in [5.74, 6) is 0. The van der Waals surface area contributed by atoms with Crippen molar-refractivity contribution < 1.29 is 0 Å². The fourth-order valence-corrected chi connectivity index (χ4v) is 11.3. The van der Waals surface area contributed by atoms with Crippen molar-refractivity contribution in [1.82, 2.24) is 0 Å². The van der Waals surface area contributed by atoms with Gasteiger partial charge in [0, 0.05) is 34.0 Å². The van der Waals surface area contributed by atoms with Crippen molar-refractivity contribution in [3.8, 4) is 22.3 Å². The van der Waals surface area contributed by atoms with Crippen LogP contribution in [0.15, 0.2) is 140 Å². The van der Waals surface area contributed by atoms with Crippen molar-refractivity contribution >= 4 is 57.2 Å². The van der Waals surface area contributed by atoms with Gasteiger partial charge in [-0.2, -0.15) is 0 Å². The SMILES string of the molecule is Cc1cc2c3c(c1)N(c1ccc(C(C)(C)C)cc1-c1ccccc1)c1cc4c(cc1B3c1cc(C(C)(C)C)ccc1N2c1cc(-c2ccccc2)ccc1C)C(C)(C)CC4(C)C. The lowest BCUT2D eigenvalue weighted by Gasteiger charge is -2.46. The first-order chi connectivity index (χ1) is 29.3. The molecule has 2 heterocycles. The maximum Gasteiger partial charge on any atom is 0.252 e. The first-order valence-electron chi connectivity index (χ1n) is 22.8. The Bertz CT molecular complexity index is 2920. The molecule has 0 atom stereocenters. The van der Waals surface area contributed by atoms with E-state index >= 15 is 0 Å². The second kappa shape index (κ2) is 13.9. The predicted molar refractivity (Wildman–Crippen MR) is 269 cm³/mol. The molecule has 2 nitrogen and oxygen atoms in total. The lowest BCUT2D eigenvalue weighted by Crippen LogP contribution is -2.62. The van der Waals surface area contributed by atoms with Crippen molar-refractivity contribution in [3.05, 3.63) is 173 Å². The van der Waals surface area contributed by atoms with Gasteiger partial charge in [-0.15, -0.1) is 0 Å². The predicted octanol–water partition coefficient (Wildman–Crippen LogP) is 14.3. The molecule has 3 aliphatic rings. The Morgan fingerprint density at radius 2 is 0.984 bits per heavy atom. The van der Waals surface area contributed by atoms with Gasteiger partial charge in [-0.25, -0.2) is 0 Å². The van der Waals surface area contributed by atoms with Crippen LogP contribution in [-0.2, 0) is 21.7 Å². The molecular formula is C59H61BN2. The highest BCUT2D eigenvalue weighted by molar-refractivity contribution is 7.00. The molecule has 3 heteroatoms. The number of rotatable bonds is 4. The molecule has 310 valence electrons. The van der Waals surface area contributed by atoms with Crippen LogP contribution in [0, 0.1) is 13.8 Å². The van der Waals surface area contributed by atoms with E-state index in [0.717, 1.165) is 6.42 Å². The molecule has 0 spiro atoms. The van der Waals surface area contributed by atoms with Gasteiger partial charge in [-0.1, -0.05) is 166 Å².